The highest BCUT2D eigenvalue weighted by molar-refractivity contribution is 5.83. The SMILES string of the molecule is CC[N+]([O-])(C(C)C)[C@H]1CCC2=CC3=CC[C@]4(C)[C@@H](c5ccc6ccccc6c5)CC[C@H]4[C@@]34CC[C@]2(C1)O4. The predicted molar refractivity (Wildman–Crippen MR) is 151 cm³/mol. The second-order valence-corrected chi connectivity index (χ2v) is 13.5. The van der Waals surface area contributed by atoms with Gasteiger partial charge in [-0.15, -0.1) is 0 Å². The average Bonchev–Trinajstić information content (AvgIpc) is 3.42. The molecule has 2 bridgehead atoms. The molecule has 3 heteroatoms. The van der Waals surface area contributed by atoms with Crippen LogP contribution in [0.3, 0.4) is 0 Å². The second-order valence-electron chi connectivity index (χ2n) is 13.5. The molecular formula is C34H43NO2. The number of hydrogen-bond acceptors (Lipinski definition) is 2. The molecular weight excluding hydrogens is 454 g/mol. The first-order valence-electron chi connectivity index (χ1n) is 14.9. The van der Waals surface area contributed by atoms with Crippen LogP contribution in [0, 0.1) is 16.5 Å². The van der Waals surface area contributed by atoms with Crippen molar-refractivity contribution >= 4 is 10.8 Å². The Bertz CT molecular complexity index is 1310. The van der Waals surface area contributed by atoms with E-state index in [1.807, 2.05) is 0 Å². The molecule has 3 aliphatic carbocycles. The minimum absolute atomic E-state index is 0.0702. The summed E-state index contributed by atoms with van der Waals surface area (Å²) in [5.41, 5.74) is 4.30. The van der Waals surface area contributed by atoms with Gasteiger partial charge in [0.05, 0.1) is 29.8 Å². The zero-order valence-electron chi connectivity index (χ0n) is 23.1. The Morgan fingerprint density at radius 1 is 1.05 bits per heavy atom. The Hall–Kier alpha value is -1.94. The van der Waals surface area contributed by atoms with Gasteiger partial charge in [-0.25, -0.2) is 0 Å². The van der Waals surface area contributed by atoms with Crippen molar-refractivity contribution in [3.05, 3.63) is 76.5 Å². The summed E-state index contributed by atoms with van der Waals surface area (Å²) in [5.74, 6) is 1.10. The van der Waals surface area contributed by atoms with Gasteiger partial charge in [-0.2, -0.15) is 0 Å². The molecule has 2 aliphatic heterocycles. The Morgan fingerprint density at radius 3 is 2.65 bits per heavy atom. The van der Waals surface area contributed by atoms with Gasteiger partial charge in [-0.3, -0.25) is 0 Å². The quantitative estimate of drug-likeness (QED) is 0.315. The van der Waals surface area contributed by atoms with Crippen molar-refractivity contribution < 1.29 is 9.38 Å². The van der Waals surface area contributed by atoms with Gasteiger partial charge in [-0.05, 0) is 104 Å². The van der Waals surface area contributed by atoms with Gasteiger partial charge < -0.3 is 14.6 Å². The Morgan fingerprint density at radius 2 is 1.86 bits per heavy atom. The van der Waals surface area contributed by atoms with E-state index in [0.29, 0.717) is 18.4 Å². The third kappa shape index (κ3) is 3.17. The van der Waals surface area contributed by atoms with Crippen LogP contribution in [0.15, 0.2) is 65.8 Å². The molecule has 2 saturated carbocycles. The maximum Gasteiger partial charge on any atom is 0.0975 e. The van der Waals surface area contributed by atoms with Gasteiger partial charge in [-0.1, -0.05) is 61.5 Å². The number of benzene rings is 2. The predicted octanol–water partition coefficient (Wildman–Crippen LogP) is 8.19. The van der Waals surface area contributed by atoms with E-state index >= 15 is 0 Å². The molecule has 3 fully saturated rings. The first-order valence-corrected chi connectivity index (χ1v) is 14.9. The maximum atomic E-state index is 13.9. The first kappa shape index (κ1) is 24.1. The molecule has 5 aliphatic rings. The molecule has 3 nitrogen and oxygen atoms in total. The highest BCUT2D eigenvalue weighted by Gasteiger charge is 2.67. The molecule has 2 aromatic carbocycles. The van der Waals surface area contributed by atoms with Crippen molar-refractivity contribution in [2.24, 2.45) is 11.3 Å². The van der Waals surface area contributed by atoms with Crippen LogP contribution in [0.5, 0.6) is 0 Å². The van der Waals surface area contributed by atoms with E-state index in [-0.39, 0.29) is 33.3 Å². The minimum atomic E-state index is -0.211. The molecule has 2 spiro atoms. The van der Waals surface area contributed by atoms with Crippen LogP contribution in [0.25, 0.3) is 10.8 Å². The summed E-state index contributed by atoms with van der Waals surface area (Å²) in [5, 5.41) is 16.6. The molecule has 2 aromatic rings. The Labute approximate surface area is 222 Å². The van der Waals surface area contributed by atoms with Crippen molar-refractivity contribution in [3.8, 4) is 0 Å². The topological polar surface area (TPSA) is 32.3 Å². The van der Waals surface area contributed by atoms with E-state index < -0.39 is 0 Å². The van der Waals surface area contributed by atoms with Crippen LogP contribution in [-0.2, 0) is 4.74 Å². The van der Waals surface area contributed by atoms with Crippen molar-refractivity contribution in [3.63, 3.8) is 0 Å². The molecule has 0 radical (unpaired) electrons. The van der Waals surface area contributed by atoms with Crippen LogP contribution >= 0.6 is 0 Å². The van der Waals surface area contributed by atoms with E-state index in [9.17, 15) is 5.21 Å². The third-order valence-corrected chi connectivity index (χ3v) is 11.8. The number of allylic oxidation sites excluding steroid dienone is 1. The van der Waals surface area contributed by atoms with E-state index in [1.165, 1.54) is 40.3 Å². The summed E-state index contributed by atoms with van der Waals surface area (Å²) >= 11 is 0. The molecule has 37 heavy (non-hydrogen) atoms. The average molecular weight is 498 g/mol. The van der Waals surface area contributed by atoms with Gasteiger partial charge in [0, 0.05) is 12.8 Å². The van der Waals surface area contributed by atoms with Gasteiger partial charge in [0.25, 0.3) is 0 Å². The summed E-state index contributed by atoms with van der Waals surface area (Å²) < 4.78 is 7.41. The lowest BCUT2D eigenvalue weighted by Crippen LogP contribution is -2.61. The fraction of sp³-hybridized carbons (Fsp3) is 0.588. The van der Waals surface area contributed by atoms with Crippen molar-refractivity contribution in [1.82, 2.24) is 0 Å². The summed E-state index contributed by atoms with van der Waals surface area (Å²) in [6.07, 6.45) is 13.8. The normalized spacial score (nSPS) is 40.0. The smallest absolute Gasteiger partial charge is 0.0975 e. The van der Waals surface area contributed by atoms with Crippen molar-refractivity contribution in [2.75, 3.05) is 6.54 Å². The lowest BCUT2D eigenvalue weighted by molar-refractivity contribution is -0.925. The van der Waals surface area contributed by atoms with E-state index in [1.54, 1.807) is 0 Å². The molecule has 0 amide bonds. The molecule has 0 N–H and O–H groups in total. The fourth-order valence-corrected chi connectivity index (χ4v) is 9.77. The number of fused-ring (bicyclic) bond motifs is 2. The number of ether oxygens (including phenoxy) is 1. The highest BCUT2D eigenvalue weighted by atomic mass is 16.6. The number of hydrogen-bond donors (Lipinski definition) is 0. The second kappa shape index (κ2) is 8.04. The summed E-state index contributed by atoms with van der Waals surface area (Å²) in [4.78, 5) is 0. The molecule has 1 unspecified atom stereocenters. The lowest BCUT2D eigenvalue weighted by atomic mass is 9.58. The molecule has 2 heterocycles. The third-order valence-electron chi connectivity index (χ3n) is 11.8. The van der Waals surface area contributed by atoms with E-state index in [0.717, 1.165) is 38.5 Å². The molecule has 7 rings (SSSR count). The van der Waals surface area contributed by atoms with E-state index in [4.69, 9.17) is 4.74 Å². The number of nitrogens with zero attached hydrogens (tertiary/aromatic N) is 1. The highest BCUT2D eigenvalue weighted by Crippen LogP contribution is 2.69. The number of quaternary nitrogens is 1. The molecule has 7 atom stereocenters. The van der Waals surface area contributed by atoms with Crippen molar-refractivity contribution in [1.29, 1.82) is 0 Å². The van der Waals surface area contributed by atoms with Gasteiger partial charge in [0.1, 0.15) is 0 Å². The lowest BCUT2D eigenvalue weighted by Gasteiger charge is -2.58. The van der Waals surface area contributed by atoms with Crippen LogP contribution in [0.4, 0.5) is 0 Å². The maximum absolute atomic E-state index is 13.9. The summed E-state index contributed by atoms with van der Waals surface area (Å²) in [6, 6.07) is 16.2. The number of rotatable bonds is 4. The first-order chi connectivity index (χ1) is 17.7. The van der Waals surface area contributed by atoms with Crippen LogP contribution in [0.2, 0.25) is 0 Å². The molecule has 0 aromatic heterocycles. The zero-order valence-corrected chi connectivity index (χ0v) is 23.1. The van der Waals surface area contributed by atoms with Crippen LogP contribution in [0.1, 0.15) is 90.5 Å². The van der Waals surface area contributed by atoms with Gasteiger partial charge in [0.2, 0.25) is 0 Å². The molecule has 196 valence electrons. The van der Waals surface area contributed by atoms with Crippen LogP contribution < -0.4 is 0 Å². The summed E-state index contributed by atoms with van der Waals surface area (Å²) in [6.45, 7) is 9.50. The molecule has 1 saturated heterocycles. The summed E-state index contributed by atoms with van der Waals surface area (Å²) in [7, 11) is 0. The minimum Gasteiger partial charge on any atom is -0.632 e. The Balaban J connectivity index is 1.24. The van der Waals surface area contributed by atoms with Crippen molar-refractivity contribution in [2.45, 2.75) is 108 Å². The largest absolute Gasteiger partial charge is 0.632 e. The van der Waals surface area contributed by atoms with E-state index in [2.05, 4.69) is 82.3 Å². The zero-order chi connectivity index (χ0) is 25.6. The monoisotopic (exact) mass is 497 g/mol. The standard InChI is InChI=1S/C34H43NO2/c1-5-35(36,23(2)3)29-13-12-27-21-28-16-17-32(4)30(26-11-10-24-8-6-7-9-25(24)20-26)14-15-31(32)34(28)19-18-33(27,22-29)37-34/h6-11,16,20-21,23,29-31H,5,12-15,17-19,22H2,1-4H3/t29-,30+,31+,32+,33+,34+,35?/m0/s1. The van der Waals surface area contributed by atoms with Crippen LogP contribution in [-0.4, -0.2) is 34.5 Å². The fourth-order valence-electron chi connectivity index (χ4n) is 9.77. The van der Waals surface area contributed by atoms with Gasteiger partial charge >= 0.3 is 0 Å². The van der Waals surface area contributed by atoms with Gasteiger partial charge in [0.15, 0.2) is 0 Å². The Kier molecular flexibility index (Phi) is 5.24. The number of hydroxylamine groups is 3.